The highest BCUT2D eigenvalue weighted by Gasteiger charge is 2.25. The van der Waals surface area contributed by atoms with Crippen molar-refractivity contribution >= 4 is 15.9 Å². The highest BCUT2D eigenvalue weighted by molar-refractivity contribution is 7.89. The van der Waals surface area contributed by atoms with E-state index >= 15 is 0 Å². The van der Waals surface area contributed by atoms with Crippen LogP contribution in [0.25, 0.3) is 0 Å². The molecule has 1 atom stereocenters. The van der Waals surface area contributed by atoms with Crippen molar-refractivity contribution < 1.29 is 17.9 Å². The fourth-order valence-corrected chi connectivity index (χ4v) is 4.16. The van der Waals surface area contributed by atoms with Gasteiger partial charge in [-0.2, -0.15) is 0 Å². The number of nitrogens with zero attached hydrogens (tertiary/aromatic N) is 2. The third kappa shape index (κ3) is 5.01. The third-order valence-corrected chi connectivity index (χ3v) is 6.09. The van der Waals surface area contributed by atoms with Crippen molar-refractivity contribution in [3.8, 4) is 5.75 Å². The molecular formula is C22H24N4O4S. The van der Waals surface area contributed by atoms with Gasteiger partial charge in [-0.15, -0.1) is 6.58 Å². The molecule has 0 saturated heterocycles. The lowest BCUT2D eigenvalue weighted by Gasteiger charge is -2.21. The van der Waals surface area contributed by atoms with E-state index in [2.05, 4.69) is 21.6 Å². The molecule has 0 saturated carbocycles. The lowest BCUT2D eigenvalue weighted by atomic mass is 10.0. The van der Waals surface area contributed by atoms with Crippen LogP contribution in [0, 0.1) is 0 Å². The SMILES string of the molecule is C=CCNS(=O)(=O)c1cccc(C(=O)N[C@@H](c2ccccc2OC)c2nccn2C)c1. The second kappa shape index (κ2) is 9.59. The number of rotatable bonds is 9. The van der Waals surface area contributed by atoms with E-state index in [1.807, 2.05) is 25.2 Å². The number of imidazole rings is 1. The van der Waals surface area contributed by atoms with Gasteiger partial charge >= 0.3 is 0 Å². The number of aromatic nitrogens is 2. The molecule has 0 unspecified atom stereocenters. The number of hydrogen-bond acceptors (Lipinski definition) is 5. The molecule has 0 fully saturated rings. The predicted molar refractivity (Wildman–Crippen MR) is 117 cm³/mol. The molecule has 2 aromatic carbocycles. The Hall–Kier alpha value is -3.43. The lowest BCUT2D eigenvalue weighted by Crippen LogP contribution is -2.31. The molecule has 0 bridgehead atoms. The lowest BCUT2D eigenvalue weighted by molar-refractivity contribution is 0.0940. The minimum Gasteiger partial charge on any atom is -0.496 e. The number of ether oxygens (including phenoxy) is 1. The number of sulfonamides is 1. The van der Waals surface area contributed by atoms with Crippen LogP contribution < -0.4 is 14.8 Å². The molecule has 9 heteroatoms. The normalized spacial score (nSPS) is 12.2. The second-order valence-electron chi connectivity index (χ2n) is 6.71. The molecule has 0 aliphatic carbocycles. The zero-order valence-corrected chi connectivity index (χ0v) is 18.1. The van der Waals surface area contributed by atoms with Crippen LogP contribution in [0.5, 0.6) is 5.75 Å². The summed E-state index contributed by atoms with van der Waals surface area (Å²) in [4.78, 5) is 17.5. The van der Waals surface area contributed by atoms with Crippen LogP contribution in [0.1, 0.15) is 27.8 Å². The Balaban J connectivity index is 1.96. The van der Waals surface area contributed by atoms with Crippen LogP contribution in [0.15, 0.2) is 78.5 Å². The monoisotopic (exact) mass is 440 g/mol. The number of benzene rings is 2. The molecule has 8 nitrogen and oxygen atoms in total. The van der Waals surface area contributed by atoms with Crippen LogP contribution >= 0.6 is 0 Å². The van der Waals surface area contributed by atoms with Gasteiger partial charge in [0.2, 0.25) is 10.0 Å². The molecule has 1 aromatic heterocycles. The van der Waals surface area contributed by atoms with Crippen LogP contribution in [-0.4, -0.2) is 37.5 Å². The predicted octanol–water partition coefficient (Wildman–Crippen LogP) is 2.41. The van der Waals surface area contributed by atoms with E-state index in [4.69, 9.17) is 4.74 Å². The Bertz CT molecular complexity index is 1190. The number of para-hydroxylation sites is 1. The Morgan fingerprint density at radius 3 is 2.71 bits per heavy atom. The maximum absolute atomic E-state index is 13.1. The Labute approximate surface area is 181 Å². The van der Waals surface area contributed by atoms with Gasteiger partial charge in [0.1, 0.15) is 17.6 Å². The fraction of sp³-hybridized carbons (Fsp3) is 0.182. The zero-order chi connectivity index (χ0) is 22.4. The summed E-state index contributed by atoms with van der Waals surface area (Å²) in [5, 5.41) is 2.96. The first-order valence-electron chi connectivity index (χ1n) is 9.49. The van der Waals surface area contributed by atoms with Crippen molar-refractivity contribution in [3.05, 3.63) is 90.5 Å². The van der Waals surface area contributed by atoms with Crippen molar-refractivity contribution in [1.82, 2.24) is 19.6 Å². The number of carbonyl (C=O) groups is 1. The maximum Gasteiger partial charge on any atom is 0.252 e. The first-order valence-corrected chi connectivity index (χ1v) is 11.0. The minimum atomic E-state index is -3.76. The molecule has 2 N–H and O–H groups in total. The van der Waals surface area contributed by atoms with Crippen molar-refractivity contribution in [2.75, 3.05) is 13.7 Å². The second-order valence-corrected chi connectivity index (χ2v) is 8.48. The third-order valence-electron chi connectivity index (χ3n) is 4.67. The van der Waals surface area contributed by atoms with Crippen LogP contribution in [0.2, 0.25) is 0 Å². The molecule has 0 radical (unpaired) electrons. The van der Waals surface area contributed by atoms with Crippen molar-refractivity contribution in [2.45, 2.75) is 10.9 Å². The summed E-state index contributed by atoms with van der Waals surface area (Å²) in [5.41, 5.74) is 0.930. The highest BCUT2D eigenvalue weighted by atomic mass is 32.2. The first kappa shape index (κ1) is 22.3. The van der Waals surface area contributed by atoms with Crippen molar-refractivity contribution in [1.29, 1.82) is 0 Å². The number of hydrogen-bond donors (Lipinski definition) is 2. The van der Waals surface area contributed by atoms with E-state index in [9.17, 15) is 13.2 Å². The number of amides is 1. The Kier molecular flexibility index (Phi) is 6.88. The molecule has 31 heavy (non-hydrogen) atoms. The molecular weight excluding hydrogens is 416 g/mol. The van der Waals surface area contributed by atoms with E-state index in [1.54, 1.807) is 36.2 Å². The average molecular weight is 441 g/mol. The fourth-order valence-electron chi connectivity index (χ4n) is 3.11. The summed E-state index contributed by atoms with van der Waals surface area (Å²) in [5.74, 6) is 0.759. The summed E-state index contributed by atoms with van der Waals surface area (Å²) in [7, 11) is -0.372. The van der Waals surface area contributed by atoms with Gasteiger partial charge in [0.15, 0.2) is 0 Å². The summed E-state index contributed by atoms with van der Waals surface area (Å²) in [6.45, 7) is 3.59. The van der Waals surface area contributed by atoms with Crippen LogP contribution in [0.3, 0.4) is 0 Å². The van der Waals surface area contributed by atoms with Gasteiger partial charge in [-0.25, -0.2) is 18.1 Å². The van der Waals surface area contributed by atoms with E-state index in [0.29, 0.717) is 11.6 Å². The van der Waals surface area contributed by atoms with Crippen molar-refractivity contribution in [3.63, 3.8) is 0 Å². The average Bonchev–Trinajstić information content (AvgIpc) is 3.21. The van der Waals surface area contributed by atoms with Crippen LogP contribution in [0.4, 0.5) is 0 Å². The van der Waals surface area contributed by atoms with Crippen LogP contribution in [-0.2, 0) is 17.1 Å². The molecule has 162 valence electrons. The maximum atomic E-state index is 13.1. The van der Waals surface area contributed by atoms with E-state index in [0.717, 1.165) is 5.56 Å². The summed E-state index contributed by atoms with van der Waals surface area (Å²) < 4.78 is 34.5. The summed E-state index contributed by atoms with van der Waals surface area (Å²) >= 11 is 0. The van der Waals surface area contributed by atoms with Gasteiger partial charge in [0.05, 0.1) is 12.0 Å². The standard InChI is InChI=1S/C22H24N4O4S/c1-4-12-24-31(28,29)17-9-7-8-16(15-17)22(27)25-20(21-23-13-14-26(21)2)18-10-5-6-11-19(18)30-3/h4-11,13-15,20,24H,1,12H2,2-3H3,(H,25,27)/t20-/m0/s1. The zero-order valence-electron chi connectivity index (χ0n) is 17.3. The number of aryl methyl sites for hydroxylation is 1. The van der Waals surface area contributed by atoms with Gasteiger partial charge in [0, 0.05) is 37.1 Å². The van der Waals surface area contributed by atoms with E-state index in [1.165, 1.54) is 24.3 Å². The number of nitrogens with one attached hydrogen (secondary N) is 2. The van der Waals surface area contributed by atoms with E-state index < -0.39 is 22.0 Å². The molecule has 3 aromatic rings. The minimum absolute atomic E-state index is 0.00664. The van der Waals surface area contributed by atoms with Gasteiger partial charge in [-0.1, -0.05) is 30.3 Å². The Morgan fingerprint density at radius 1 is 1.26 bits per heavy atom. The molecule has 1 amide bonds. The molecule has 0 spiro atoms. The topological polar surface area (TPSA) is 102 Å². The largest absolute Gasteiger partial charge is 0.496 e. The van der Waals surface area contributed by atoms with Gasteiger partial charge < -0.3 is 14.6 Å². The smallest absolute Gasteiger partial charge is 0.252 e. The van der Waals surface area contributed by atoms with Gasteiger partial charge in [-0.05, 0) is 24.3 Å². The van der Waals surface area contributed by atoms with E-state index in [-0.39, 0.29) is 17.0 Å². The molecule has 1 heterocycles. The summed E-state index contributed by atoms with van der Waals surface area (Å²) in [6.07, 6.45) is 4.86. The van der Waals surface area contributed by atoms with Crippen molar-refractivity contribution in [2.24, 2.45) is 7.05 Å². The van der Waals surface area contributed by atoms with Gasteiger partial charge in [-0.3, -0.25) is 4.79 Å². The number of methoxy groups -OCH3 is 1. The summed E-state index contributed by atoms with van der Waals surface area (Å²) in [6, 6.07) is 12.6. The highest BCUT2D eigenvalue weighted by Crippen LogP contribution is 2.29. The van der Waals surface area contributed by atoms with Gasteiger partial charge in [0.25, 0.3) is 5.91 Å². The number of carbonyl (C=O) groups excluding carboxylic acids is 1. The molecule has 3 rings (SSSR count). The molecule has 0 aliphatic heterocycles. The Morgan fingerprint density at radius 2 is 2.03 bits per heavy atom. The molecule has 0 aliphatic rings. The quantitative estimate of drug-likeness (QED) is 0.498. The first-order chi connectivity index (χ1) is 14.9.